The Morgan fingerprint density at radius 1 is 1.17 bits per heavy atom. The summed E-state index contributed by atoms with van der Waals surface area (Å²) in [6.07, 6.45) is 0. The second kappa shape index (κ2) is 4.98. The molecule has 92 valence electrons. The van der Waals surface area contributed by atoms with E-state index in [0.29, 0.717) is 22.1 Å². The minimum atomic E-state index is -1.24. The number of halogens is 1. The van der Waals surface area contributed by atoms with Gasteiger partial charge < -0.3 is 21.0 Å². The third-order valence-electron chi connectivity index (χ3n) is 2.43. The van der Waals surface area contributed by atoms with Gasteiger partial charge in [-0.1, -0.05) is 29.8 Å². The van der Waals surface area contributed by atoms with Gasteiger partial charge in [-0.2, -0.15) is 0 Å². The Labute approximate surface area is 109 Å². The Hall–Kier alpha value is -2.20. The van der Waals surface area contributed by atoms with Gasteiger partial charge in [0.25, 0.3) is 0 Å². The largest absolute Gasteiger partial charge is 0.545 e. The Kier molecular flexibility index (Phi) is 3.39. The molecule has 0 heterocycles. The fraction of sp³-hybridized carbons (Fsp3) is 0. The summed E-state index contributed by atoms with van der Waals surface area (Å²) in [4.78, 5) is 10.9. The van der Waals surface area contributed by atoms with E-state index in [1.54, 1.807) is 36.4 Å². The van der Waals surface area contributed by atoms with Crippen molar-refractivity contribution < 1.29 is 9.90 Å². The van der Waals surface area contributed by atoms with Gasteiger partial charge in [-0.05, 0) is 24.3 Å². The number of hydrogen-bond donors (Lipinski definition) is 2. The van der Waals surface area contributed by atoms with Crippen LogP contribution in [0.25, 0.3) is 0 Å². The van der Waals surface area contributed by atoms with Crippen LogP contribution in [0.4, 0.5) is 17.1 Å². The standard InChI is InChI=1S/C13H11ClN2O2/c14-8-5-6-12(10(15)7-8)16-11-4-2-1-3-9(11)13(17)18/h1-7,16H,15H2,(H,17,18)/p-1. The van der Waals surface area contributed by atoms with Gasteiger partial charge in [0.1, 0.15) is 0 Å². The van der Waals surface area contributed by atoms with E-state index in [1.165, 1.54) is 6.07 Å². The zero-order valence-corrected chi connectivity index (χ0v) is 10.1. The molecule has 0 aliphatic heterocycles. The van der Waals surface area contributed by atoms with Crippen molar-refractivity contribution in [3.63, 3.8) is 0 Å². The van der Waals surface area contributed by atoms with Gasteiger partial charge in [0.15, 0.2) is 0 Å². The van der Waals surface area contributed by atoms with Gasteiger partial charge in [0, 0.05) is 16.3 Å². The molecule has 0 atom stereocenters. The molecule has 0 bridgehead atoms. The van der Waals surface area contributed by atoms with Crippen molar-refractivity contribution in [2.24, 2.45) is 0 Å². The highest BCUT2D eigenvalue weighted by Crippen LogP contribution is 2.27. The number of carbonyl (C=O) groups is 1. The van der Waals surface area contributed by atoms with Gasteiger partial charge in [-0.3, -0.25) is 0 Å². The van der Waals surface area contributed by atoms with Crippen molar-refractivity contribution in [1.82, 2.24) is 0 Å². The third kappa shape index (κ3) is 2.55. The van der Waals surface area contributed by atoms with Crippen LogP contribution in [0.15, 0.2) is 42.5 Å². The van der Waals surface area contributed by atoms with E-state index in [1.807, 2.05) is 0 Å². The van der Waals surface area contributed by atoms with E-state index in [9.17, 15) is 9.90 Å². The van der Waals surface area contributed by atoms with Gasteiger partial charge in [-0.25, -0.2) is 0 Å². The number of hydrogen-bond acceptors (Lipinski definition) is 4. The highest BCUT2D eigenvalue weighted by Gasteiger charge is 2.05. The predicted molar refractivity (Wildman–Crippen MR) is 69.9 cm³/mol. The first-order valence-electron chi connectivity index (χ1n) is 5.20. The van der Waals surface area contributed by atoms with Gasteiger partial charge in [0.2, 0.25) is 0 Å². The molecule has 5 heteroatoms. The van der Waals surface area contributed by atoms with E-state index in [4.69, 9.17) is 17.3 Å². The predicted octanol–water partition coefficient (Wildman–Crippen LogP) is 2.03. The monoisotopic (exact) mass is 261 g/mol. The third-order valence-corrected chi connectivity index (χ3v) is 2.67. The van der Waals surface area contributed by atoms with E-state index in [0.717, 1.165) is 0 Å². The lowest BCUT2D eigenvalue weighted by Crippen LogP contribution is -2.23. The molecule has 0 spiro atoms. The number of nitrogens with one attached hydrogen (secondary N) is 1. The molecule has 0 unspecified atom stereocenters. The summed E-state index contributed by atoms with van der Waals surface area (Å²) < 4.78 is 0. The minimum Gasteiger partial charge on any atom is -0.545 e. The summed E-state index contributed by atoms with van der Waals surface area (Å²) in [5.74, 6) is -1.24. The van der Waals surface area contributed by atoms with Crippen molar-refractivity contribution in [1.29, 1.82) is 0 Å². The van der Waals surface area contributed by atoms with Crippen LogP contribution in [-0.2, 0) is 0 Å². The number of rotatable bonds is 3. The first-order valence-corrected chi connectivity index (χ1v) is 5.58. The maximum atomic E-state index is 10.9. The fourth-order valence-corrected chi connectivity index (χ4v) is 1.74. The number of nitrogens with two attached hydrogens (primary N) is 1. The number of para-hydroxylation sites is 1. The Morgan fingerprint density at radius 2 is 1.89 bits per heavy atom. The zero-order valence-electron chi connectivity index (χ0n) is 9.31. The highest BCUT2D eigenvalue weighted by atomic mass is 35.5. The van der Waals surface area contributed by atoms with Crippen LogP contribution in [0, 0.1) is 0 Å². The molecule has 0 fully saturated rings. The fourth-order valence-electron chi connectivity index (χ4n) is 1.56. The summed E-state index contributed by atoms with van der Waals surface area (Å²) in [6.45, 7) is 0. The van der Waals surface area contributed by atoms with Crippen molar-refractivity contribution in [3.8, 4) is 0 Å². The molecule has 0 aliphatic rings. The SMILES string of the molecule is Nc1cc(Cl)ccc1Nc1ccccc1C(=O)[O-]. The molecule has 0 amide bonds. The Balaban J connectivity index is 2.37. The number of anilines is 3. The summed E-state index contributed by atoms with van der Waals surface area (Å²) in [5, 5.41) is 14.4. The first-order chi connectivity index (χ1) is 8.58. The number of carboxylic acids is 1. The molecule has 0 aliphatic carbocycles. The number of carbonyl (C=O) groups excluding carboxylic acids is 1. The molecule has 0 saturated heterocycles. The van der Waals surface area contributed by atoms with Crippen molar-refractivity contribution >= 4 is 34.6 Å². The summed E-state index contributed by atoms with van der Waals surface area (Å²) in [7, 11) is 0. The van der Waals surface area contributed by atoms with Gasteiger partial charge in [0.05, 0.1) is 17.3 Å². The lowest BCUT2D eigenvalue weighted by molar-refractivity contribution is -0.254. The second-order valence-electron chi connectivity index (χ2n) is 3.69. The van der Waals surface area contributed by atoms with Crippen LogP contribution in [-0.4, -0.2) is 5.97 Å². The van der Waals surface area contributed by atoms with Gasteiger partial charge >= 0.3 is 0 Å². The zero-order chi connectivity index (χ0) is 13.1. The summed E-state index contributed by atoms with van der Waals surface area (Å²) in [5.41, 5.74) is 7.32. The molecule has 0 aromatic heterocycles. The lowest BCUT2D eigenvalue weighted by Gasteiger charge is -2.14. The maximum absolute atomic E-state index is 10.9. The van der Waals surface area contributed by atoms with E-state index < -0.39 is 5.97 Å². The molecule has 2 aromatic rings. The summed E-state index contributed by atoms with van der Waals surface area (Å²) >= 11 is 5.79. The normalized spacial score (nSPS) is 10.1. The number of nitrogen functional groups attached to an aromatic ring is 1. The quantitative estimate of drug-likeness (QED) is 0.829. The molecule has 18 heavy (non-hydrogen) atoms. The molecule has 4 nitrogen and oxygen atoms in total. The molecular formula is C13H10ClN2O2-. The maximum Gasteiger partial charge on any atom is 0.0736 e. The highest BCUT2D eigenvalue weighted by molar-refractivity contribution is 6.31. The molecule has 2 aromatic carbocycles. The average molecular weight is 262 g/mol. The van der Waals surface area contributed by atoms with Crippen LogP contribution < -0.4 is 16.2 Å². The van der Waals surface area contributed by atoms with Crippen LogP contribution in [0.2, 0.25) is 5.02 Å². The smallest absolute Gasteiger partial charge is 0.0736 e. The number of aromatic carboxylic acids is 1. The first kappa shape index (κ1) is 12.3. The topological polar surface area (TPSA) is 78.2 Å². The van der Waals surface area contributed by atoms with Crippen molar-refractivity contribution in [2.45, 2.75) is 0 Å². The number of carboxylic acid groups (broad SMARTS) is 1. The molecule has 2 rings (SSSR count). The minimum absolute atomic E-state index is 0.0758. The Morgan fingerprint density at radius 3 is 2.56 bits per heavy atom. The lowest BCUT2D eigenvalue weighted by atomic mass is 10.1. The van der Waals surface area contributed by atoms with E-state index >= 15 is 0 Å². The van der Waals surface area contributed by atoms with Gasteiger partial charge in [-0.15, -0.1) is 0 Å². The van der Waals surface area contributed by atoms with Crippen molar-refractivity contribution in [3.05, 3.63) is 53.1 Å². The molecule has 0 saturated carbocycles. The van der Waals surface area contributed by atoms with Crippen LogP contribution in [0.1, 0.15) is 10.4 Å². The molecule has 0 radical (unpaired) electrons. The van der Waals surface area contributed by atoms with Crippen LogP contribution >= 0.6 is 11.6 Å². The molecule has 3 N–H and O–H groups in total. The van der Waals surface area contributed by atoms with Crippen LogP contribution in [0.3, 0.4) is 0 Å². The Bertz CT molecular complexity index is 599. The summed E-state index contributed by atoms with van der Waals surface area (Å²) in [6, 6.07) is 11.4. The second-order valence-corrected chi connectivity index (χ2v) is 4.13. The van der Waals surface area contributed by atoms with E-state index in [-0.39, 0.29) is 5.56 Å². The van der Waals surface area contributed by atoms with Crippen LogP contribution in [0.5, 0.6) is 0 Å². The van der Waals surface area contributed by atoms with E-state index in [2.05, 4.69) is 5.32 Å². The van der Waals surface area contributed by atoms with Crippen molar-refractivity contribution in [2.75, 3.05) is 11.1 Å². The molecular weight excluding hydrogens is 252 g/mol. The number of benzene rings is 2. The average Bonchev–Trinajstić information content (AvgIpc) is 2.33.